The second-order valence-electron chi connectivity index (χ2n) is 8.01. The molecule has 0 saturated carbocycles. The van der Waals surface area contributed by atoms with Crippen LogP contribution in [0.1, 0.15) is 21.7 Å². The predicted molar refractivity (Wildman–Crippen MR) is 120 cm³/mol. The van der Waals surface area contributed by atoms with Gasteiger partial charge in [-0.05, 0) is 42.0 Å². The standard InChI is InChI=1S/C25H24N4O2/c1-18-6-8-20(9-7-18)24-26-23(27-31-24)17-28-12-14-29(15-13-28)25(30)22-11-10-19-4-2-3-5-21(19)16-22/h2-11,16H,12-15,17H2,1H3. The van der Waals surface area contributed by atoms with Gasteiger partial charge in [-0.1, -0.05) is 53.2 Å². The van der Waals surface area contributed by atoms with Gasteiger partial charge in [-0.2, -0.15) is 4.98 Å². The molecule has 5 rings (SSSR count). The first-order chi connectivity index (χ1) is 15.2. The van der Waals surface area contributed by atoms with E-state index in [1.54, 1.807) is 0 Å². The number of carbonyl (C=O) groups is 1. The average Bonchev–Trinajstić information content (AvgIpc) is 3.27. The van der Waals surface area contributed by atoms with Gasteiger partial charge < -0.3 is 9.42 Å². The Labute approximate surface area is 181 Å². The summed E-state index contributed by atoms with van der Waals surface area (Å²) in [5, 5.41) is 6.37. The number of hydrogen-bond acceptors (Lipinski definition) is 5. The Hall–Kier alpha value is -3.51. The van der Waals surface area contributed by atoms with Crippen molar-refractivity contribution in [3.05, 3.63) is 83.7 Å². The highest BCUT2D eigenvalue weighted by Gasteiger charge is 2.23. The molecule has 31 heavy (non-hydrogen) atoms. The lowest BCUT2D eigenvalue weighted by atomic mass is 10.1. The summed E-state index contributed by atoms with van der Waals surface area (Å²) < 4.78 is 5.43. The maximum atomic E-state index is 13.0. The minimum absolute atomic E-state index is 0.0895. The van der Waals surface area contributed by atoms with Gasteiger partial charge in [0.15, 0.2) is 5.82 Å². The number of benzene rings is 3. The van der Waals surface area contributed by atoms with Crippen LogP contribution in [-0.4, -0.2) is 52.0 Å². The fraction of sp³-hybridized carbons (Fsp3) is 0.240. The summed E-state index contributed by atoms with van der Waals surface area (Å²) in [6, 6.07) is 22.1. The molecular weight excluding hydrogens is 388 g/mol. The average molecular weight is 412 g/mol. The number of hydrogen-bond donors (Lipinski definition) is 0. The van der Waals surface area contributed by atoms with Crippen molar-refractivity contribution < 1.29 is 9.32 Å². The van der Waals surface area contributed by atoms with Crippen molar-refractivity contribution in [2.75, 3.05) is 26.2 Å². The molecule has 2 heterocycles. The van der Waals surface area contributed by atoms with Crippen molar-refractivity contribution in [1.82, 2.24) is 19.9 Å². The van der Waals surface area contributed by atoms with Gasteiger partial charge in [0.05, 0.1) is 6.54 Å². The lowest BCUT2D eigenvalue weighted by molar-refractivity contribution is 0.0624. The molecule has 0 aliphatic carbocycles. The molecule has 1 aromatic heterocycles. The molecule has 0 radical (unpaired) electrons. The molecule has 6 nitrogen and oxygen atoms in total. The molecule has 1 fully saturated rings. The van der Waals surface area contributed by atoms with Crippen molar-refractivity contribution in [1.29, 1.82) is 0 Å². The van der Waals surface area contributed by atoms with Crippen molar-refractivity contribution in [2.45, 2.75) is 13.5 Å². The third-order valence-corrected chi connectivity index (χ3v) is 5.79. The van der Waals surface area contributed by atoms with Crippen LogP contribution in [0.25, 0.3) is 22.2 Å². The minimum atomic E-state index is 0.0895. The summed E-state index contributed by atoms with van der Waals surface area (Å²) in [4.78, 5) is 21.7. The second kappa shape index (κ2) is 8.32. The first-order valence-corrected chi connectivity index (χ1v) is 10.6. The van der Waals surface area contributed by atoms with Crippen LogP contribution in [0.5, 0.6) is 0 Å². The zero-order valence-corrected chi connectivity index (χ0v) is 17.5. The highest BCUT2D eigenvalue weighted by Crippen LogP contribution is 2.20. The zero-order chi connectivity index (χ0) is 21.2. The van der Waals surface area contributed by atoms with Gasteiger partial charge in [0.2, 0.25) is 0 Å². The molecule has 0 bridgehead atoms. The van der Waals surface area contributed by atoms with Gasteiger partial charge in [0.1, 0.15) is 0 Å². The maximum Gasteiger partial charge on any atom is 0.257 e. The Kier molecular flexibility index (Phi) is 5.22. The van der Waals surface area contributed by atoms with E-state index < -0.39 is 0 Å². The quantitative estimate of drug-likeness (QED) is 0.504. The van der Waals surface area contributed by atoms with Crippen molar-refractivity contribution in [3.8, 4) is 11.5 Å². The fourth-order valence-corrected chi connectivity index (χ4v) is 3.95. The van der Waals surface area contributed by atoms with Gasteiger partial charge in [0, 0.05) is 37.3 Å². The lowest BCUT2D eigenvalue weighted by Crippen LogP contribution is -2.48. The summed E-state index contributed by atoms with van der Waals surface area (Å²) >= 11 is 0. The van der Waals surface area contributed by atoms with Crippen LogP contribution in [0.3, 0.4) is 0 Å². The Morgan fingerprint density at radius 2 is 1.68 bits per heavy atom. The van der Waals surface area contributed by atoms with E-state index in [-0.39, 0.29) is 5.91 Å². The number of aryl methyl sites for hydroxylation is 1. The number of amides is 1. The molecule has 156 valence electrons. The van der Waals surface area contributed by atoms with Gasteiger partial charge in [-0.15, -0.1) is 0 Å². The summed E-state index contributed by atoms with van der Waals surface area (Å²) in [6.45, 7) is 5.62. The van der Waals surface area contributed by atoms with Crippen LogP contribution in [0.2, 0.25) is 0 Å². The van der Waals surface area contributed by atoms with Crippen LogP contribution < -0.4 is 0 Å². The third-order valence-electron chi connectivity index (χ3n) is 5.79. The predicted octanol–water partition coefficient (Wildman–Crippen LogP) is 4.16. The molecule has 0 spiro atoms. The number of carbonyl (C=O) groups excluding carboxylic acids is 1. The zero-order valence-electron chi connectivity index (χ0n) is 17.5. The van der Waals surface area contributed by atoms with Crippen LogP contribution in [0.4, 0.5) is 0 Å². The Balaban J connectivity index is 1.19. The number of aromatic nitrogens is 2. The van der Waals surface area contributed by atoms with E-state index in [2.05, 4.69) is 21.1 Å². The van der Waals surface area contributed by atoms with E-state index in [0.29, 0.717) is 31.3 Å². The van der Waals surface area contributed by atoms with Gasteiger partial charge >= 0.3 is 0 Å². The monoisotopic (exact) mass is 412 g/mol. The van der Waals surface area contributed by atoms with E-state index >= 15 is 0 Å². The minimum Gasteiger partial charge on any atom is -0.336 e. The highest BCUT2D eigenvalue weighted by molar-refractivity contribution is 5.98. The van der Waals surface area contributed by atoms with Gasteiger partial charge in [0.25, 0.3) is 11.8 Å². The van der Waals surface area contributed by atoms with Crippen LogP contribution >= 0.6 is 0 Å². The van der Waals surface area contributed by atoms with E-state index in [1.807, 2.05) is 72.5 Å². The van der Waals surface area contributed by atoms with Crippen molar-refractivity contribution >= 4 is 16.7 Å². The third kappa shape index (κ3) is 4.20. The van der Waals surface area contributed by atoms with Crippen molar-refractivity contribution in [2.24, 2.45) is 0 Å². The maximum absolute atomic E-state index is 13.0. The van der Waals surface area contributed by atoms with E-state index in [9.17, 15) is 4.79 Å². The molecular formula is C25H24N4O2. The summed E-state index contributed by atoms with van der Waals surface area (Å²) in [5.41, 5.74) is 2.86. The SMILES string of the molecule is Cc1ccc(-c2nc(CN3CCN(C(=O)c4ccc5ccccc5c4)CC3)no2)cc1. The van der Waals surface area contributed by atoms with Crippen LogP contribution in [-0.2, 0) is 6.54 Å². The molecule has 1 aliphatic heterocycles. The molecule has 0 atom stereocenters. The summed E-state index contributed by atoms with van der Waals surface area (Å²) in [5.74, 6) is 1.30. The molecule has 3 aromatic carbocycles. The van der Waals surface area contributed by atoms with Gasteiger partial charge in [-0.3, -0.25) is 9.69 Å². The smallest absolute Gasteiger partial charge is 0.257 e. The largest absolute Gasteiger partial charge is 0.336 e. The molecule has 0 N–H and O–H groups in total. The van der Waals surface area contributed by atoms with Gasteiger partial charge in [-0.25, -0.2) is 0 Å². The Morgan fingerprint density at radius 3 is 2.45 bits per heavy atom. The molecule has 0 unspecified atom stereocenters. The number of rotatable bonds is 4. The summed E-state index contributed by atoms with van der Waals surface area (Å²) in [7, 11) is 0. The Bertz CT molecular complexity index is 1210. The molecule has 6 heteroatoms. The summed E-state index contributed by atoms with van der Waals surface area (Å²) in [6.07, 6.45) is 0. The Morgan fingerprint density at radius 1 is 0.935 bits per heavy atom. The first kappa shape index (κ1) is 19.5. The number of fused-ring (bicyclic) bond motifs is 1. The van der Waals surface area contributed by atoms with E-state index in [0.717, 1.165) is 35.0 Å². The first-order valence-electron chi connectivity index (χ1n) is 10.6. The lowest BCUT2D eigenvalue weighted by Gasteiger charge is -2.34. The highest BCUT2D eigenvalue weighted by atomic mass is 16.5. The van der Waals surface area contributed by atoms with E-state index in [4.69, 9.17) is 4.52 Å². The molecule has 1 saturated heterocycles. The second-order valence-corrected chi connectivity index (χ2v) is 8.01. The van der Waals surface area contributed by atoms with E-state index in [1.165, 1.54) is 5.56 Å². The van der Waals surface area contributed by atoms with Crippen molar-refractivity contribution in [3.63, 3.8) is 0 Å². The van der Waals surface area contributed by atoms with Crippen LogP contribution in [0.15, 0.2) is 71.3 Å². The number of piperazine rings is 1. The number of nitrogens with zero attached hydrogens (tertiary/aromatic N) is 4. The van der Waals surface area contributed by atoms with Crippen LogP contribution in [0, 0.1) is 6.92 Å². The topological polar surface area (TPSA) is 62.5 Å². The molecule has 1 aliphatic rings. The molecule has 4 aromatic rings. The normalized spacial score (nSPS) is 14.8. The molecule has 1 amide bonds. The fourth-order valence-electron chi connectivity index (χ4n) is 3.95.